The van der Waals surface area contributed by atoms with Gasteiger partial charge in [0.1, 0.15) is 5.76 Å². The highest BCUT2D eigenvalue weighted by Crippen LogP contribution is 2.50. The molecular formula is C11H11F3O3S. The van der Waals surface area contributed by atoms with Crippen LogP contribution >= 0.6 is 11.8 Å². The smallest absolute Gasteiger partial charge is 0.427 e. The molecule has 0 unspecified atom stereocenters. The Hall–Kier alpha value is -1.11. The number of halogens is 3. The van der Waals surface area contributed by atoms with Crippen LogP contribution < -0.4 is 0 Å². The first-order valence-corrected chi connectivity index (χ1v) is 6.31. The molecule has 0 amide bonds. The van der Waals surface area contributed by atoms with E-state index in [0.717, 1.165) is 23.1 Å². The zero-order valence-corrected chi connectivity index (χ0v) is 10.4. The van der Waals surface area contributed by atoms with Gasteiger partial charge in [0.05, 0.1) is 6.61 Å². The van der Waals surface area contributed by atoms with Gasteiger partial charge in [0.25, 0.3) is 0 Å². The van der Waals surface area contributed by atoms with Crippen LogP contribution in [0.15, 0.2) is 21.3 Å². The number of hydrogen-bond acceptors (Lipinski definition) is 4. The summed E-state index contributed by atoms with van der Waals surface area (Å²) < 4.78 is 48.1. The first-order chi connectivity index (χ1) is 8.43. The lowest BCUT2D eigenvalue weighted by molar-refractivity contribution is -0.150. The van der Waals surface area contributed by atoms with Crippen molar-refractivity contribution in [3.63, 3.8) is 0 Å². The summed E-state index contributed by atoms with van der Waals surface area (Å²) >= 11 is 0.887. The molecule has 0 aromatic rings. The lowest BCUT2D eigenvalue weighted by Crippen LogP contribution is -2.24. The molecule has 0 spiro atoms. The van der Waals surface area contributed by atoms with Crippen molar-refractivity contribution in [3.8, 4) is 0 Å². The van der Waals surface area contributed by atoms with E-state index in [1.54, 1.807) is 0 Å². The molecule has 18 heavy (non-hydrogen) atoms. The SMILES string of the molecule is CCOC(=O)/C(=C1\OC2=C(CCC2)S1)C(F)(F)F. The van der Waals surface area contributed by atoms with Crippen LogP contribution in [-0.4, -0.2) is 18.8 Å². The predicted octanol–water partition coefficient (Wildman–Crippen LogP) is 3.48. The van der Waals surface area contributed by atoms with Crippen molar-refractivity contribution in [3.05, 3.63) is 21.3 Å². The van der Waals surface area contributed by atoms with Gasteiger partial charge in [-0.25, -0.2) is 4.79 Å². The lowest BCUT2D eigenvalue weighted by atomic mass is 10.3. The van der Waals surface area contributed by atoms with Crippen LogP contribution in [0.3, 0.4) is 0 Å². The van der Waals surface area contributed by atoms with Crippen LogP contribution in [0.1, 0.15) is 26.2 Å². The van der Waals surface area contributed by atoms with Crippen LogP contribution in [0.4, 0.5) is 13.2 Å². The van der Waals surface area contributed by atoms with E-state index in [9.17, 15) is 18.0 Å². The second-order valence-electron chi connectivity index (χ2n) is 3.78. The first kappa shape index (κ1) is 13.3. The molecule has 0 N–H and O–H groups in total. The molecule has 2 aliphatic rings. The Kier molecular flexibility index (Phi) is 3.61. The number of alkyl halides is 3. The van der Waals surface area contributed by atoms with Crippen molar-refractivity contribution in [1.82, 2.24) is 0 Å². The van der Waals surface area contributed by atoms with E-state index in [1.165, 1.54) is 6.92 Å². The van der Waals surface area contributed by atoms with Gasteiger partial charge < -0.3 is 9.47 Å². The molecule has 3 nitrogen and oxygen atoms in total. The highest BCUT2D eigenvalue weighted by molar-refractivity contribution is 8.06. The van der Waals surface area contributed by atoms with Crippen molar-refractivity contribution in [2.24, 2.45) is 0 Å². The topological polar surface area (TPSA) is 35.5 Å². The van der Waals surface area contributed by atoms with Crippen LogP contribution in [0.2, 0.25) is 0 Å². The van der Waals surface area contributed by atoms with Crippen molar-refractivity contribution in [2.45, 2.75) is 32.4 Å². The minimum Gasteiger partial charge on any atom is -0.462 e. The number of carbonyl (C=O) groups excluding carboxylic acids is 1. The van der Waals surface area contributed by atoms with Gasteiger partial charge in [0.2, 0.25) is 0 Å². The zero-order valence-electron chi connectivity index (χ0n) is 9.60. The summed E-state index contributed by atoms with van der Waals surface area (Å²) in [7, 11) is 0. The highest BCUT2D eigenvalue weighted by Gasteiger charge is 2.46. The van der Waals surface area contributed by atoms with Gasteiger partial charge >= 0.3 is 12.1 Å². The fourth-order valence-corrected chi connectivity index (χ4v) is 2.94. The van der Waals surface area contributed by atoms with Crippen molar-refractivity contribution in [2.75, 3.05) is 6.61 Å². The fraction of sp³-hybridized carbons (Fsp3) is 0.545. The maximum atomic E-state index is 12.9. The number of thioether (sulfide) groups is 1. The number of allylic oxidation sites excluding steroid dienone is 2. The van der Waals surface area contributed by atoms with Gasteiger partial charge in [0.15, 0.2) is 10.7 Å². The van der Waals surface area contributed by atoms with Gasteiger partial charge in [-0.2, -0.15) is 13.2 Å². The minimum atomic E-state index is -4.77. The molecule has 1 aliphatic heterocycles. The van der Waals surface area contributed by atoms with Gasteiger partial charge in [-0.05, 0) is 19.8 Å². The molecular weight excluding hydrogens is 269 g/mol. The average molecular weight is 280 g/mol. The summed E-state index contributed by atoms with van der Waals surface area (Å²) in [6, 6.07) is 0. The second-order valence-corrected chi connectivity index (χ2v) is 4.85. The highest BCUT2D eigenvalue weighted by atomic mass is 32.2. The molecule has 0 bridgehead atoms. The summed E-state index contributed by atoms with van der Waals surface area (Å²) in [4.78, 5) is 12.2. The van der Waals surface area contributed by atoms with Crippen LogP contribution in [0, 0.1) is 0 Å². The Balaban J connectivity index is 2.28. The van der Waals surface area contributed by atoms with Gasteiger partial charge in [-0.15, -0.1) is 0 Å². The molecule has 0 saturated carbocycles. The summed E-state index contributed by atoms with van der Waals surface area (Å²) in [6.45, 7) is 1.35. The summed E-state index contributed by atoms with van der Waals surface area (Å²) in [6.07, 6.45) is -2.56. The Bertz CT molecular complexity index is 419. The van der Waals surface area contributed by atoms with Crippen molar-refractivity contribution >= 4 is 17.7 Å². The quantitative estimate of drug-likeness (QED) is 0.573. The van der Waals surface area contributed by atoms with Gasteiger partial charge in [-0.1, -0.05) is 11.8 Å². The first-order valence-electron chi connectivity index (χ1n) is 5.49. The molecule has 1 heterocycles. The van der Waals surface area contributed by atoms with Crippen LogP contribution in [0.5, 0.6) is 0 Å². The summed E-state index contributed by atoms with van der Waals surface area (Å²) in [5, 5.41) is -0.398. The monoisotopic (exact) mass is 280 g/mol. The fourth-order valence-electron chi connectivity index (χ4n) is 1.77. The number of carbonyl (C=O) groups is 1. The molecule has 0 aromatic carbocycles. The van der Waals surface area contributed by atoms with E-state index >= 15 is 0 Å². The maximum absolute atomic E-state index is 12.9. The van der Waals surface area contributed by atoms with E-state index < -0.39 is 22.8 Å². The standard InChI is InChI=1S/C11H11F3O3S/c1-2-16-9(15)8(11(12,13)14)10-17-6-4-3-5-7(6)18-10/h2-5H2,1H3/b10-8-. The summed E-state index contributed by atoms with van der Waals surface area (Å²) in [5.41, 5.74) is -1.34. The molecule has 2 rings (SSSR count). The normalized spacial score (nSPS) is 21.8. The molecule has 0 fully saturated rings. The van der Waals surface area contributed by atoms with E-state index in [1.807, 2.05) is 0 Å². The molecule has 100 valence electrons. The van der Waals surface area contributed by atoms with Gasteiger partial charge in [-0.3, -0.25) is 0 Å². The number of ether oxygens (including phenoxy) is 2. The Morgan fingerprint density at radius 2 is 2.17 bits per heavy atom. The Morgan fingerprint density at radius 3 is 2.72 bits per heavy atom. The van der Waals surface area contributed by atoms with E-state index in [4.69, 9.17) is 4.74 Å². The average Bonchev–Trinajstić information content (AvgIpc) is 2.75. The number of esters is 1. The van der Waals surface area contributed by atoms with Crippen LogP contribution in [-0.2, 0) is 14.3 Å². The van der Waals surface area contributed by atoms with Gasteiger partial charge in [0, 0.05) is 11.3 Å². The third-order valence-electron chi connectivity index (χ3n) is 2.52. The maximum Gasteiger partial charge on any atom is 0.427 e. The van der Waals surface area contributed by atoms with Crippen LogP contribution in [0.25, 0.3) is 0 Å². The van der Waals surface area contributed by atoms with E-state index in [0.29, 0.717) is 18.6 Å². The van der Waals surface area contributed by atoms with Crippen molar-refractivity contribution < 1.29 is 27.4 Å². The Labute approximate surface area is 106 Å². The Morgan fingerprint density at radius 1 is 1.44 bits per heavy atom. The number of rotatable bonds is 2. The van der Waals surface area contributed by atoms with E-state index in [2.05, 4.69) is 4.74 Å². The lowest BCUT2D eigenvalue weighted by Gasteiger charge is -2.13. The van der Waals surface area contributed by atoms with Crippen molar-refractivity contribution in [1.29, 1.82) is 0 Å². The molecule has 0 radical (unpaired) electrons. The third kappa shape index (κ3) is 2.50. The zero-order chi connectivity index (χ0) is 13.3. The predicted molar refractivity (Wildman–Crippen MR) is 59.3 cm³/mol. The third-order valence-corrected chi connectivity index (χ3v) is 3.67. The number of hydrogen-bond donors (Lipinski definition) is 0. The molecule has 7 heteroatoms. The minimum absolute atomic E-state index is 0.108. The van der Waals surface area contributed by atoms with E-state index in [-0.39, 0.29) is 6.61 Å². The molecule has 0 aromatic heterocycles. The summed E-state index contributed by atoms with van der Waals surface area (Å²) in [5.74, 6) is -0.824. The molecule has 1 aliphatic carbocycles. The second kappa shape index (κ2) is 4.87. The molecule has 0 saturated heterocycles. The largest absolute Gasteiger partial charge is 0.462 e. The molecule has 0 atom stereocenters.